The molecule has 2 N–H and O–H groups in total. The van der Waals surface area contributed by atoms with Gasteiger partial charge in [-0.2, -0.15) is 22.5 Å². The van der Waals surface area contributed by atoms with Crippen LogP contribution in [0.2, 0.25) is 0 Å². The summed E-state index contributed by atoms with van der Waals surface area (Å²) in [4.78, 5) is 0. The normalized spacial score (nSPS) is 12.2. The molecule has 1 aromatic rings. The molecule has 0 bridgehead atoms. The second-order valence-corrected chi connectivity index (χ2v) is 6.99. The minimum Gasteiger partial charge on any atom is -0.317 e. The first kappa shape index (κ1) is 18.1. The number of nitrogens with zero attached hydrogens (tertiary/aromatic N) is 3. The number of hydrogen-bond donors (Lipinski definition) is 2. The van der Waals surface area contributed by atoms with Crippen LogP contribution in [0.4, 0.5) is 0 Å². The lowest BCUT2D eigenvalue weighted by Crippen LogP contribution is -2.39. The van der Waals surface area contributed by atoms with Gasteiger partial charge in [-0.1, -0.05) is 6.92 Å². The van der Waals surface area contributed by atoms with E-state index in [1.54, 1.807) is 17.9 Å². The first-order valence-corrected chi connectivity index (χ1v) is 8.71. The third-order valence-corrected chi connectivity index (χ3v) is 4.96. The average Bonchev–Trinajstić information content (AvgIpc) is 2.76. The minimum atomic E-state index is -3.44. The second-order valence-electron chi connectivity index (χ2n) is 5.13. The van der Waals surface area contributed by atoms with Crippen LogP contribution in [0.3, 0.4) is 0 Å². The van der Waals surface area contributed by atoms with Crippen molar-refractivity contribution in [2.75, 3.05) is 26.7 Å². The Labute approximate surface area is 127 Å². The van der Waals surface area contributed by atoms with Crippen molar-refractivity contribution >= 4 is 10.2 Å². The molecule has 0 saturated carbocycles. The van der Waals surface area contributed by atoms with Crippen LogP contribution >= 0.6 is 0 Å². The standard InChI is InChI=1S/C13H27N5O2S/c1-5-7-14-8-6-9-17(3)21(19,20)16-11-13-10-15-18(4)12(13)2/h10,14,16H,5-9,11H2,1-4H3. The van der Waals surface area contributed by atoms with Gasteiger partial charge in [-0.25, -0.2) is 0 Å². The van der Waals surface area contributed by atoms with E-state index in [2.05, 4.69) is 22.1 Å². The fourth-order valence-electron chi connectivity index (χ4n) is 1.85. The monoisotopic (exact) mass is 317 g/mol. The van der Waals surface area contributed by atoms with Gasteiger partial charge in [0.2, 0.25) is 0 Å². The molecule has 0 saturated heterocycles. The Bertz CT molecular complexity index is 527. The van der Waals surface area contributed by atoms with Crippen LogP contribution in [-0.2, 0) is 23.8 Å². The first-order chi connectivity index (χ1) is 9.88. The van der Waals surface area contributed by atoms with Gasteiger partial charge in [0.25, 0.3) is 10.2 Å². The Balaban J connectivity index is 2.40. The lowest BCUT2D eigenvalue weighted by Gasteiger charge is -2.17. The van der Waals surface area contributed by atoms with Crippen molar-refractivity contribution < 1.29 is 8.42 Å². The fourth-order valence-corrected chi connectivity index (χ4v) is 2.77. The fraction of sp³-hybridized carbons (Fsp3) is 0.769. The van der Waals surface area contributed by atoms with E-state index >= 15 is 0 Å². The maximum atomic E-state index is 12.1. The molecule has 1 rings (SSSR count). The molecular formula is C13H27N5O2S. The van der Waals surface area contributed by atoms with Crippen molar-refractivity contribution in [3.63, 3.8) is 0 Å². The molecular weight excluding hydrogens is 290 g/mol. The van der Waals surface area contributed by atoms with Crippen molar-refractivity contribution in [1.82, 2.24) is 24.1 Å². The SMILES string of the molecule is CCCNCCCN(C)S(=O)(=O)NCc1cnn(C)c1C. The molecule has 0 unspecified atom stereocenters. The van der Waals surface area contributed by atoms with Crippen molar-refractivity contribution in [2.45, 2.75) is 33.2 Å². The third kappa shape index (κ3) is 5.74. The summed E-state index contributed by atoms with van der Waals surface area (Å²) >= 11 is 0. The predicted octanol–water partition coefficient (Wildman–Crippen LogP) is 0.384. The van der Waals surface area contributed by atoms with Crippen LogP contribution in [0.5, 0.6) is 0 Å². The van der Waals surface area contributed by atoms with Gasteiger partial charge in [0.1, 0.15) is 0 Å². The van der Waals surface area contributed by atoms with Gasteiger partial charge in [-0.3, -0.25) is 4.68 Å². The van der Waals surface area contributed by atoms with E-state index in [1.165, 1.54) is 4.31 Å². The summed E-state index contributed by atoms with van der Waals surface area (Å²) < 4.78 is 29.9. The van der Waals surface area contributed by atoms with E-state index in [4.69, 9.17) is 0 Å². The molecule has 7 nitrogen and oxygen atoms in total. The van der Waals surface area contributed by atoms with Crippen molar-refractivity contribution in [3.05, 3.63) is 17.5 Å². The van der Waals surface area contributed by atoms with E-state index in [-0.39, 0.29) is 6.54 Å². The summed E-state index contributed by atoms with van der Waals surface area (Å²) in [5, 5.41) is 7.36. The van der Waals surface area contributed by atoms with Gasteiger partial charge in [-0.15, -0.1) is 0 Å². The topological polar surface area (TPSA) is 79.3 Å². The van der Waals surface area contributed by atoms with Crippen molar-refractivity contribution in [2.24, 2.45) is 7.05 Å². The summed E-state index contributed by atoms with van der Waals surface area (Å²) in [5.74, 6) is 0. The quantitative estimate of drug-likeness (QED) is 0.612. The first-order valence-electron chi connectivity index (χ1n) is 7.27. The Hall–Kier alpha value is -0.960. The largest absolute Gasteiger partial charge is 0.317 e. The molecule has 0 aliphatic carbocycles. The number of rotatable bonds is 10. The number of aromatic nitrogens is 2. The van der Waals surface area contributed by atoms with Crippen LogP contribution in [0.15, 0.2) is 6.20 Å². The summed E-state index contributed by atoms with van der Waals surface area (Å²) in [5.41, 5.74) is 1.85. The lowest BCUT2D eigenvalue weighted by atomic mass is 10.3. The highest BCUT2D eigenvalue weighted by molar-refractivity contribution is 7.87. The van der Waals surface area contributed by atoms with E-state index in [0.29, 0.717) is 6.54 Å². The van der Waals surface area contributed by atoms with Gasteiger partial charge in [0, 0.05) is 38.4 Å². The summed E-state index contributed by atoms with van der Waals surface area (Å²) in [6, 6.07) is 0. The Morgan fingerprint density at radius 3 is 2.67 bits per heavy atom. The van der Waals surface area contributed by atoms with Crippen LogP contribution in [0.1, 0.15) is 31.0 Å². The van der Waals surface area contributed by atoms with Crippen molar-refractivity contribution in [3.8, 4) is 0 Å². The van der Waals surface area contributed by atoms with Crippen molar-refractivity contribution in [1.29, 1.82) is 0 Å². The molecule has 0 amide bonds. The zero-order valence-corrected chi connectivity index (χ0v) is 14.2. The van der Waals surface area contributed by atoms with E-state index in [0.717, 1.165) is 37.2 Å². The van der Waals surface area contributed by atoms with Gasteiger partial charge >= 0.3 is 0 Å². The van der Waals surface area contributed by atoms with E-state index < -0.39 is 10.2 Å². The molecule has 1 heterocycles. The van der Waals surface area contributed by atoms with Crippen LogP contribution < -0.4 is 10.0 Å². The summed E-state index contributed by atoms with van der Waals surface area (Å²) in [7, 11) is -0.00864. The zero-order chi connectivity index (χ0) is 15.9. The molecule has 21 heavy (non-hydrogen) atoms. The molecule has 0 aliphatic heterocycles. The Morgan fingerprint density at radius 1 is 1.38 bits per heavy atom. The number of hydrogen-bond acceptors (Lipinski definition) is 4. The third-order valence-electron chi connectivity index (χ3n) is 3.45. The van der Waals surface area contributed by atoms with Crippen LogP contribution in [-0.4, -0.2) is 49.2 Å². The van der Waals surface area contributed by atoms with Crippen LogP contribution in [0, 0.1) is 6.92 Å². The van der Waals surface area contributed by atoms with Gasteiger partial charge in [-0.05, 0) is 32.9 Å². The number of aryl methyl sites for hydroxylation is 1. The highest BCUT2D eigenvalue weighted by Crippen LogP contribution is 2.06. The molecule has 1 aromatic heterocycles. The highest BCUT2D eigenvalue weighted by atomic mass is 32.2. The molecule has 0 radical (unpaired) electrons. The Morgan fingerprint density at radius 2 is 2.10 bits per heavy atom. The van der Waals surface area contributed by atoms with E-state index in [9.17, 15) is 8.42 Å². The van der Waals surface area contributed by atoms with Gasteiger partial charge < -0.3 is 5.32 Å². The molecule has 122 valence electrons. The smallest absolute Gasteiger partial charge is 0.279 e. The predicted molar refractivity (Wildman–Crippen MR) is 84.1 cm³/mol. The van der Waals surface area contributed by atoms with E-state index in [1.807, 2.05) is 14.0 Å². The van der Waals surface area contributed by atoms with Gasteiger partial charge in [0.15, 0.2) is 0 Å². The molecule has 0 aromatic carbocycles. The molecule has 0 spiro atoms. The average molecular weight is 317 g/mol. The molecule has 8 heteroatoms. The molecule has 0 aliphatic rings. The summed E-state index contributed by atoms with van der Waals surface area (Å²) in [6.07, 6.45) is 3.57. The Kier molecular flexibility index (Phi) is 7.30. The van der Waals surface area contributed by atoms with Gasteiger partial charge in [0.05, 0.1) is 6.20 Å². The zero-order valence-electron chi connectivity index (χ0n) is 13.4. The highest BCUT2D eigenvalue weighted by Gasteiger charge is 2.17. The number of nitrogens with one attached hydrogen (secondary N) is 2. The maximum Gasteiger partial charge on any atom is 0.279 e. The second kappa shape index (κ2) is 8.47. The minimum absolute atomic E-state index is 0.264. The molecule has 0 fully saturated rings. The summed E-state index contributed by atoms with van der Waals surface area (Å²) in [6.45, 7) is 6.58. The maximum absolute atomic E-state index is 12.1. The molecule has 0 atom stereocenters. The lowest BCUT2D eigenvalue weighted by molar-refractivity contribution is 0.444. The van der Waals surface area contributed by atoms with Crippen LogP contribution in [0.25, 0.3) is 0 Å².